The Kier molecular flexibility index (Phi) is 6.12. The van der Waals surface area contributed by atoms with Crippen molar-refractivity contribution in [1.29, 1.82) is 0 Å². The van der Waals surface area contributed by atoms with Crippen LogP contribution >= 0.6 is 11.8 Å². The van der Waals surface area contributed by atoms with Crippen molar-refractivity contribution in [3.63, 3.8) is 0 Å². The van der Waals surface area contributed by atoms with Crippen LogP contribution in [0.1, 0.15) is 19.8 Å². The highest BCUT2D eigenvalue weighted by molar-refractivity contribution is 8.00. The van der Waals surface area contributed by atoms with Gasteiger partial charge in [-0.25, -0.2) is 0 Å². The molecule has 6 heteroatoms. The fourth-order valence-electron chi connectivity index (χ4n) is 1.86. The summed E-state index contributed by atoms with van der Waals surface area (Å²) in [5, 5.41) is 2.88. The van der Waals surface area contributed by atoms with E-state index < -0.39 is 0 Å². The van der Waals surface area contributed by atoms with E-state index in [-0.39, 0.29) is 18.4 Å². The van der Waals surface area contributed by atoms with Crippen LogP contribution in [0.4, 0.5) is 0 Å². The highest BCUT2D eigenvalue weighted by Gasteiger charge is 2.24. The molecule has 5 nitrogen and oxygen atoms in total. The molecule has 0 unspecified atom stereocenters. The number of likely N-dealkylation sites (N-methyl/N-ethyl adjacent to an activating group) is 1. The van der Waals surface area contributed by atoms with Gasteiger partial charge in [0.2, 0.25) is 11.8 Å². The van der Waals surface area contributed by atoms with Gasteiger partial charge in [0.1, 0.15) is 5.75 Å². The Labute approximate surface area is 135 Å². The Morgan fingerprint density at radius 2 is 2.00 bits per heavy atom. The lowest BCUT2D eigenvalue weighted by molar-refractivity contribution is -0.132. The lowest BCUT2D eigenvalue weighted by Gasteiger charge is -2.16. The van der Waals surface area contributed by atoms with E-state index in [1.54, 1.807) is 7.05 Å². The minimum Gasteiger partial charge on any atom is -0.494 e. The quantitative estimate of drug-likeness (QED) is 0.743. The predicted octanol–water partition coefficient (Wildman–Crippen LogP) is 1.91. The second-order valence-electron chi connectivity index (χ2n) is 5.28. The zero-order chi connectivity index (χ0) is 15.9. The van der Waals surface area contributed by atoms with Gasteiger partial charge in [0.15, 0.2) is 0 Å². The van der Waals surface area contributed by atoms with Gasteiger partial charge in [0.25, 0.3) is 0 Å². The summed E-state index contributed by atoms with van der Waals surface area (Å²) < 4.78 is 5.38. The summed E-state index contributed by atoms with van der Waals surface area (Å²) >= 11 is 1.46. The molecule has 0 atom stereocenters. The first kappa shape index (κ1) is 16.7. The van der Waals surface area contributed by atoms with Crippen LogP contribution in [-0.2, 0) is 9.59 Å². The number of ether oxygens (including phenoxy) is 1. The molecule has 0 aliphatic heterocycles. The lowest BCUT2D eigenvalue weighted by Crippen LogP contribution is -2.39. The molecule has 1 aromatic rings. The van der Waals surface area contributed by atoms with Crippen LogP contribution in [0.15, 0.2) is 29.2 Å². The van der Waals surface area contributed by atoms with Crippen LogP contribution in [0, 0.1) is 0 Å². The van der Waals surface area contributed by atoms with E-state index in [0.29, 0.717) is 18.4 Å². The number of carbonyl (C=O) groups is 2. The van der Waals surface area contributed by atoms with Crippen molar-refractivity contribution in [2.45, 2.75) is 30.7 Å². The van der Waals surface area contributed by atoms with Crippen molar-refractivity contribution in [2.75, 3.05) is 26.0 Å². The number of carbonyl (C=O) groups excluding carboxylic acids is 2. The summed E-state index contributed by atoms with van der Waals surface area (Å²) in [7, 11) is 1.66. The Bertz CT molecular complexity index is 515. The average Bonchev–Trinajstić information content (AvgIpc) is 3.30. The molecule has 2 amide bonds. The lowest BCUT2D eigenvalue weighted by atomic mass is 10.3. The topological polar surface area (TPSA) is 58.6 Å². The first-order chi connectivity index (χ1) is 10.6. The molecule has 1 N–H and O–H groups in total. The third-order valence-electron chi connectivity index (χ3n) is 3.25. The molecule has 0 spiro atoms. The highest BCUT2D eigenvalue weighted by Crippen LogP contribution is 2.22. The summed E-state index contributed by atoms with van der Waals surface area (Å²) in [5.74, 6) is 1.02. The third kappa shape index (κ3) is 5.60. The number of amides is 2. The van der Waals surface area contributed by atoms with Crippen LogP contribution in [0.25, 0.3) is 0 Å². The van der Waals surface area contributed by atoms with E-state index in [1.165, 1.54) is 16.7 Å². The van der Waals surface area contributed by atoms with E-state index in [9.17, 15) is 9.59 Å². The van der Waals surface area contributed by atoms with Crippen LogP contribution in [-0.4, -0.2) is 48.7 Å². The fraction of sp³-hybridized carbons (Fsp3) is 0.500. The minimum atomic E-state index is -0.0792. The van der Waals surface area contributed by atoms with Crippen molar-refractivity contribution in [3.8, 4) is 5.75 Å². The molecule has 0 radical (unpaired) electrons. The minimum absolute atomic E-state index is 0.0511. The summed E-state index contributed by atoms with van der Waals surface area (Å²) in [6, 6.07) is 7.98. The molecule has 22 heavy (non-hydrogen) atoms. The average molecular weight is 322 g/mol. The Balaban J connectivity index is 1.72. The third-order valence-corrected chi connectivity index (χ3v) is 4.24. The first-order valence-electron chi connectivity index (χ1n) is 7.47. The maximum Gasteiger partial charge on any atom is 0.239 e. The molecule has 0 bridgehead atoms. The van der Waals surface area contributed by atoms with E-state index >= 15 is 0 Å². The second-order valence-corrected chi connectivity index (χ2v) is 6.33. The SMILES string of the molecule is CCOc1ccc(SCC(=O)N(C)CC(=O)NC2CC2)cc1. The van der Waals surface area contributed by atoms with Crippen LogP contribution in [0.2, 0.25) is 0 Å². The van der Waals surface area contributed by atoms with Crippen LogP contribution in [0.3, 0.4) is 0 Å². The molecule has 1 aromatic carbocycles. The number of nitrogens with zero attached hydrogens (tertiary/aromatic N) is 1. The largest absolute Gasteiger partial charge is 0.494 e. The second kappa shape index (κ2) is 8.08. The molecule has 0 aromatic heterocycles. The first-order valence-corrected chi connectivity index (χ1v) is 8.46. The van der Waals surface area contributed by atoms with Gasteiger partial charge in [-0.3, -0.25) is 9.59 Å². The summed E-state index contributed by atoms with van der Waals surface area (Å²) in [6.07, 6.45) is 2.11. The maximum atomic E-state index is 12.0. The van der Waals surface area contributed by atoms with E-state index in [1.807, 2.05) is 31.2 Å². The predicted molar refractivity (Wildman–Crippen MR) is 87.1 cm³/mol. The van der Waals surface area contributed by atoms with Crippen LogP contribution in [0.5, 0.6) is 5.75 Å². The van der Waals surface area contributed by atoms with Gasteiger partial charge in [0, 0.05) is 18.0 Å². The monoisotopic (exact) mass is 322 g/mol. The standard InChI is InChI=1S/C16H22N2O3S/c1-3-21-13-6-8-14(9-7-13)22-11-16(20)18(2)10-15(19)17-12-4-5-12/h6-9,12H,3-5,10-11H2,1-2H3,(H,17,19). The molecule has 0 heterocycles. The maximum absolute atomic E-state index is 12.0. The molecule has 1 aliphatic rings. The van der Waals surface area contributed by atoms with Crippen molar-refractivity contribution < 1.29 is 14.3 Å². The van der Waals surface area contributed by atoms with Crippen molar-refractivity contribution in [2.24, 2.45) is 0 Å². The number of benzene rings is 1. The van der Waals surface area contributed by atoms with Gasteiger partial charge in [-0.2, -0.15) is 0 Å². The molecule has 0 saturated heterocycles. The van der Waals surface area contributed by atoms with Gasteiger partial charge in [-0.15, -0.1) is 11.8 Å². The Morgan fingerprint density at radius 1 is 1.32 bits per heavy atom. The summed E-state index contributed by atoms with van der Waals surface area (Å²) in [4.78, 5) is 26.2. The number of thioether (sulfide) groups is 1. The molecule has 1 fully saturated rings. The summed E-state index contributed by atoms with van der Waals surface area (Å²) in [6.45, 7) is 2.70. The van der Waals surface area contributed by atoms with E-state index in [4.69, 9.17) is 4.74 Å². The van der Waals surface area contributed by atoms with E-state index in [2.05, 4.69) is 5.32 Å². The normalized spacial score (nSPS) is 13.5. The zero-order valence-corrected chi connectivity index (χ0v) is 13.8. The molecule has 120 valence electrons. The van der Waals surface area contributed by atoms with Crippen molar-refractivity contribution in [3.05, 3.63) is 24.3 Å². The molecule has 2 rings (SSSR count). The summed E-state index contributed by atoms with van der Waals surface area (Å²) in [5.41, 5.74) is 0. The Hall–Kier alpha value is -1.69. The number of rotatable bonds is 8. The van der Waals surface area contributed by atoms with Gasteiger partial charge in [-0.05, 0) is 44.0 Å². The number of hydrogen-bond acceptors (Lipinski definition) is 4. The molecule has 1 aliphatic carbocycles. The van der Waals surface area contributed by atoms with Crippen LogP contribution < -0.4 is 10.1 Å². The van der Waals surface area contributed by atoms with Crippen molar-refractivity contribution in [1.82, 2.24) is 10.2 Å². The smallest absolute Gasteiger partial charge is 0.239 e. The number of nitrogens with one attached hydrogen (secondary N) is 1. The fourth-order valence-corrected chi connectivity index (χ4v) is 2.70. The highest BCUT2D eigenvalue weighted by atomic mass is 32.2. The van der Waals surface area contributed by atoms with Gasteiger partial charge in [-0.1, -0.05) is 0 Å². The number of hydrogen-bond donors (Lipinski definition) is 1. The molecular formula is C16H22N2O3S. The van der Waals surface area contributed by atoms with E-state index in [0.717, 1.165) is 23.5 Å². The van der Waals surface area contributed by atoms with Gasteiger partial charge in [0.05, 0.1) is 18.9 Å². The zero-order valence-electron chi connectivity index (χ0n) is 13.0. The Morgan fingerprint density at radius 3 is 2.59 bits per heavy atom. The molecule has 1 saturated carbocycles. The van der Waals surface area contributed by atoms with Gasteiger partial charge < -0.3 is 15.0 Å². The van der Waals surface area contributed by atoms with Crippen molar-refractivity contribution >= 4 is 23.6 Å². The molecular weight excluding hydrogens is 300 g/mol. The van der Waals surface area contributed by atoms with Gasteiger partial charge >= 0.3 is 0 Å².